The number of nitrogens with one attached hydrogen (secondary N) is 2. The summed E-state index contributed by atoms with van der Waals surface area (Å²) in [6.07, 6.45) is 3.52. The second-order valence-corrected chi connectivity index (χ2v) is 5.20. The number of aryl methyl sites for hydroxylation is 1. The first-order valence-electron chi connectivity index (χ1n) is 8.05. The fourth-order valence-electron chi connectivity index (χ4n) is 2.18. The molecule has 2 rings (SSSR count). The van der Waals surface area contributed by atoms with E-state index in [0.29, 0.717) is 19.7 Å². The van der Waals surface area contributed by atoms with Gasteiger partial charge < -0.3 is 15.4 Å². The maximum absolute atomic E-state index is 5.67. The van der Waals surface area contributed by atoms with Gasteiger partial charge >= 0.3 is 0 Å². The second kappa shape index (κ2) is 11.5. The number of benzene rings is 1. The Morgan fingerprint density at radius 3 is 2.80 bits per heavy atom. The summed E-state index contributed by atoms with van der Waals surface area (Å²) in [7, 11) is 1.92. The highest BCUT2D eigenvalue weighted by Gasteiger charge is 2.04. The molecule has 2 aromatic rings. The van der Waals surface area contributed by atoms with Crippen molar-refractivity contribution in [1.29, 1.82) is 0 Å². The van der Waals surface area contributed by atoms with Crippen molar-refractivity contribution in [3.8, 4) is 5.75 Å². The Morgan fingerprint density at radius 1 is 1.32 bits per heavy atom. The van der Waals surface area contributed by atoms with Crippen LogP contribution in [0.3, 0.4) is 0 Å². The Bertz CT molecular complexity index is 684. The minimum atomic E-state index is 0. The molecule has 7 heteroatoms. The van der Waals surface area contributed by atoms with Crippen molar-refractivity contribution in [2.75, 3.05) is 13.2 Å². The van der Waals surface area contributed by atoms with Gasteiger partial charge in [0, 0.05) is 25.4 Å². The van der Waals surface area contributed by atoms with Crippen LogP contribution in [-0.4, -0.2) is 28.9 Å². The van der Waals surface area contributed by atoms with Crippen molar-refractivity contribution in [3.05, 3.63) is 60.4 Å². The molecular weight excluding hydrogens is 429 g/mol. The highest BCUT2D eigenvalue weighted by atomic mass is 127. The standard InChI is InChI=1S/C18H25N5O.HI/c1-4-12-24-17-9-7-6-8-15(17)13-20-18(19-5-2)21-14-16-10-11-22-23(16)3;/h4,6-11H,1,5,12-14H2,2-3H3,(H2,19,20,21);1H. The number of rotatable bonds is 8. The van der Waals surface area contributed by atoms with E-state index in [1.165, 1.54) is 0 Å². The summed E-state index contributed by atoms with van der Waals surface area (Å²) in [4.78, 5) is 4.64. The fourth-order valence-corrected chi connectivity index (χ4v) is 2.18. The molecule has 25 heavy (non-hydrogen) atoms. The lowest BCUT2D eigenvalue weighted by molar-refractivity contribution is 0.359. The Hall–Kier alpha value is -2.03. The summed E-state index contributed by atoms with van der Waals surface area (Å²) in [5.41, 5.74) is 2.13. The van der Waals surface area contributed by atoms with Crippen LogP contribution in [0.1, 0.15) is 18.2 Å². The number of aliphatic imine (C=N–C) groups is 1. The molecule has 0 spiro atoms. The molecule has 136 valence electrons. The molecule has 1 aromatic carbocycles. The molecule has 0 radical (unpaired) electrons. The summed E-state index contributed by atoms with van der Waals surface area (Å²) in [6, 6.07) is 9.89. The normalized spacial score (nSPS) is 10.7. The molecule has 0 amide bonds. The Labute approximate surface area is 166 Å². The van der Waals surface area contributed by atoms with Gasteiger partial charge in [-0.05, 0) is 19.1 Å². The number of hydrogen-bond donors (Lipinski definition) is 2. The lowest BCUT2D eigenvalue weighted by Crippen LogP contribution is -2.37. The molecule has 2 N–H and O–H groups in total. The molecule has 0 bridgehead atoms. The minimum Gasteiger partial charge on any atom is -0.489 e. The van der Waals surface area contributed by atoms with Crippen LogP contribution in [0.25, 0.3) is 0 Å². The van der Waals surface area contributed by atoms with Crippen LogP contribution in [-0.2, 0) is 20.1 Å². The van der Waals surface area contributed by atoms with E-state index in [4.69, 9.17) is 4.74 Å². The molecule has 0 unspecified atom stereocenters. The van der Waals surface area contributed by atoms with Gasteiger partial charge in [-0.25, -0.2) is 4.99 Å². The highest BCUT2D eigenvalue weighted by Crippen LogP contribution is 2.18. The van der Waals surface area contributed by atoms with E-state index in [2.05, 4.69) is 27.3 Å². The second-order valence-electron chi connectivity index (χ2n) is 5.20. The third-order valence-electron chi connectivity index (χ3n) is 3.44. The average molecular weight is 455 g/mol. The molecule has 0 atom stereocenters. The summed E-state index contributed by atoms with van der Waals surface area (Å²) in [5, 5.41) is 10.7. The van der Waals surface area contributed by atoms with E-state index in [0.717, 1.165) is 29.5 Å². The molecule has 0 aliphatic carbocycles. The zero-order valence-electron chi connectivity index (χ0n) is 14.7. The molecule has 0 saturated carbocycles. The predicted octanol–water partition coefficient (Wildman–Crippen LogP) is 2.86. The van der Waals surface area contributed by atoms with Gasteiger partial charge in [-0.2, -0.15) is 5.10 Å². The largest absolute Gasteiger partial charge is 0.489 e. The van der Waals surface area contributed by atoms with Gasteiger partial charge in [-0.15, -0.1) is 24.0 Å². The number of para-hydroxylation sites is 1. The summed E-state index contributed by atoms with van der Waals surface area (Å²) < 4.78 is 7.52. The lowest BCUT2D eigenvalue weighted by atomic mass is 10.2. The molecule has 0 saturated heterocycles. The number of nitrogens with zero attached hydrogens (tertiary/aromatic N) is 3. The first-order valence-corrected chi connectivity index (χ1v) is 8.05. The molecule has 0 aliphatic heterocycles. The van der Waals surface area contributed by atoms with E-state index in [9.17, 15) is 0 Å². The van der Waals surface area contributed by atoms with Crippen molar-refractivity contribution in [3.63, 3.8) is 0 Å². The van der Waals surface area contributed by atoms with Crippen LogP contribution in [0.15, 0.2) is 54.2 Å². The van der Waals surface area contributed by atoms with E-state index < -0.39 is 0 Å². The van der Waals surface area contributed by atoms with E-state index in [1.54, 1.807) is 12.3 Å². The van der Waals surface area contributed by atoms with E-state index in [-0.39, 0.29) is 24.0 Å². The van der Waals surface area contributed by atoms with Crippen LogP contribution in [0, 0.1) is 0 Å². The zero-order valence-corrected chi connectivity index (χ0v) is 17.1. The SMILES string of the molecule is C=CCOc1ccccc1CN=C(NCC)NCc1ccnn1C.I. The molecular formula is C18H26IN5O. The number of hydrogen-bond acceptors (Lipinski definition) is 3. The molecule has 0 fully saturated rings. The smallest absolute Gasteiger partial charge is 0.191 e. The first-order chi connectivity index (χ1) is 11.7. The van der Waals surface area contributed by atoms with Gasteiger partial charge in [-0.1, -0.05) is 30.9 Å². The predicted molar refractivity (Wildman–Crippen MR) is 112 cm³/mol. The Balaban J connectivity index is 0.00000312. The maximum atomic E-state index is 5.67. The average Bonchev–Trinajstić information content (AvgIpc) is 3.01. The number of halogens is 1. The molecule has 6 nitrogen and oxygen atoms in total. The maximum Gasteiger partial charge on any atom is 0.191 e. The Morgan fingerprint density at radius 2 is 2.12 bits per heavy atom. The number of guanidine groups is 1. The van der Waals surface area contributed by atoms with Crippen molar-refractivity contribution >= 4 is 29.9 Å². The summed E-state index contributed by atoms with van der Waals surface area (Å²) in [6.45, 7) is 8.21. The highest BCUT2D eigenvalue weighted by molar-refractivity contribution is 14.0. The topological polar surface area (TPSA) is 63.5 Å². The van der Waals surface area contributed by atoms with Crippen molar-refractivity contribution in [2.45, 2.75) is 20.0 Å². The van der Waals surface area contributed by atoms with Crippen LogP contribution < -0.4 is 15.4 Å². The third kappa shape index (κ3) is 6.77. The van der Waals surface area contributed by atoms with Gasteiger partial charge in [0.05, 0.1) is 18.8 Å². The van der Waals surface area contributed by atoms with Crippen LogP contribution >= 0.6 is 24.0 Å². The lowest BCUT2D eigenvalue weighted by Gasteiger charge is -2.12. The van der Waals surface area contributed by atoms with Gasteiger partial charge in [0.2, 0.25) is 0 Å². The summed E-state index contributed by atoms with van der Waals surface area (Å²) >= 11 is 0. The molecule has 0 aliphatic rings. The van der Waals surface area contributed by atoms with Gasteiger partial charge in [0.1, 0.15) is 12.4 Å². The van der Waals surface area contributed by atoms with Crippen LogP contribution in [0.2, 0.25) is 0 Å². The van der Waals surface area contributed by atoms with Gasteiger partial charge in [0.25, 0.3) is 0 Å². The van der Waals surface area contributed by atoms with E-state index >= 15 is 0 Å². The van der Waals surface area contributed by atoms with Gasteiger partial charge in [0.15, 0.2) is 5.96 Å². The van der Waals surface area contributed by atoms with Crippen molar-refractivity contribution in [2.24, 2.45) is 12.0 Å². The molecule has 1 heterocycles. The van der Waals surface area contributed by atoms with Crippen molar-refractivity contribution < 1.29 is 4.74 Å². The number of ether oxygens (including phenoxy) is 1. The number of aromatic nitrogens is 2. The minimum absolute atomic E-state index is 0. The quantitative estimate of drug-likeness (QED) is 0.278. The zero-order chi connectivity index (χ0) is 17.2. The third-order valence-corrected chi connectivity index (χ3v) is 3.44. The fraction of sp³-hybridized carbons (Fsp3) is 0.333. The molecule has 1 aromatic heterocycles. The van der Waals surface area contributed by atoms with Crippen molar-refractivity contribution in [1.82, 2.24) is 20.4 Å². The van der Waals surface area contributed by atoms with Gasteiger partial charge in [-0.3, -0.25) is 4.68 Å². The van der Waals surface area contributed by atoms with Crippen LogP contribution in [0.5, 0.6) is 5.75 Å². The summed E-state index contributed by atoms with van der Waals surface area (Å²) in [5.74, 6) is 1.60. The van der Waals surface area contributed by atoms with Crippen LogP contribution in [0.4, 0.5) is 0 Å². The Kier molecular flexibility index (Phi) is 9.68. The van der Waals surface area contributed by atoms with E-state index in [1.807, 2.05) is 49.0 Å². The first kappa shape index (κ1) is 21.0. The monoisotopic (exact) mass is 455 g/mol.